The van der Waals surface area contributed by atoms with Crippen LogP contribution in [0.25, 0.3) is 10.8 Å². The van der Waals surface area contributed by atoms with E-state index in [-0.39, 0.29) is 19.3 Å². The standard InChI is InChI=1S/C16H17BO2/c1-2-3-10-17-18-15-12-8-4-6-11-7-5-9-13(14(11)12)16(15)19-17/h4-9,15-16H,2-3,10H2,1H3/t15-,16+. The van der Waals surface area contributed by atoms with Crippen LogP contribution in [-0.4, -0.2) is 7.12 Å². The molecule has 4 rings (SSSR count). The molecule has 0 amide bonds. The second kappa shape index (κ2) is 4.36. The van der Waals surface area contributed by atoms with Crippen LogP contribution in [0.1, 0.15) is 43.1 Å². The SMILES string of the molecule is CCCCB1O[C@@H]2c3cccc4cccc(c34)[C@@H]2O1. The van der Waals surface area contributed by atoms with Crippen LogP contribution in [-0.2, 0) is 9.31 Å². The molecule has 1 saturated heterocycles. The Kier molecular flexibility index (Phi) is 2.64. The van der Waals surface area contributed by atoms with Gasteiger partial charge in [-0.05, 0) is 28.2 Å². The van der Waals surface area contributed by atoms with Crippen molar-refractivity contribution < 1.29 is 9.31 Å². The average Bonchev–Trinajstić information content (AvgIpc) is 2.98. The van der Waals surface area contributed by atoms with Gasteiger partial charge in [-0.3, -0.25) is 0 Å². The first-order valence-electron chi connectivity index (χ1n) is 7.21. The van der Waals surface area contributed by atoms with Crippen molar-refractivity contribution in [3.05, 3.63) is 47.5 Å². The summed E-state index contributed by atoms with van der Waals surface area (Å²) < 4.78 is 12.3. The van der Waals surface area contributed by atoms with Crippen LogP contribution in [0.3, 0.4) is 0 Å². The Hall–Kier alpha value is -1.32. The van der Waals surface area contributed by atoms with E-state index in [9.17, 15) is 0 Å². The minimum Gasteiger partial charge on any atom is -0.401 e. The number of fused-ring (bicyclic) bond motifs is 3. The predicted molar refractivity (Wildman–Crippen MR) is 77.1 cm³/mol. The highest BCUT2D eigenvalue weighted by Crippen LogP contribution is 2.52. The van der Waals surface area contributed by atoms with E-state index in [1.807, 2.05) is 0 Å². The first-order chi connectivity index (χ1) is 9.38. The molecule has 0 bridgehead atoms. The second-order valence-electron chi connectivity index (χ2n) is 5.48. The van der Waals surface area contributed by atoms with E-state index in [2.05, 4.69) is 43.3 Å². The normalized spacial score (nSPS) is 24.2. The first kappa shape index (κ1) is 11.5. The molecule has 2 aromatic rings. The highest BCUT2D eigenvalue weighted by molar-refractivity contribution is 6.45. The van der Waals surface area contributed by atoms with Gasteiger partial charge in [0.15, 0.2) is 0 Å². The third-order valence-corrected chi connectivity index (χ3v) is 4.25. The van der Waals surface area contributed by atoms with Crippen molar-refractivity contribution >= 4 is 17.9 Å². The highest BCUT2D eigenvalue weighted by atomic mass is 16.7. The van der Waals surface area contributed by atoms with Gasteiger partial charge in [-0.1, -0.05) is 56.2 Å². The molecule has 0 N–H and O–H groups in total. The van der Waals surface area contributed by atoms with E-state index in [0.717, 1.165) is 12.7 Å². The minimum atomic E-state index is -0.0291. The molecule has 3 heteroatoms. The summed E-state index contributed by atoms with van der Waals surface area (Å²) in [6, 6.07) is 12.9. The number of hydrogen-bond acceptors (Lipinski definition) is 2. The number of rotatable bonds is 3. The summed E-state index contributed by atoms with van der Waals surface area (Å²) in [4.78, 5) is 0. The van der Waals surface area contributed by atoms with Crippen LogP contribution < -0.4 is 0 Å². The lowest BCUT2D eigenvalue weighted by Gasteiger charge is -2.09. The van der Waals surface area contributed by atoms with Crippen LogP contribution >= 0.6 is 0 Å². The van der Waals surface area contributed by atoms with Crippen molar-refractivity contribution in [2.45, 2.75) is 38.3 Å². The van der Waals surface area contributed by atoms with Gasteiger partial charge < -0.3 is 9.31 Å². The molecule has 0 aromatic heterocycles. The van der Waals surface area contributed by atoms with E-state index in [1.165, 1.54) is 28.3 Å². The topological polar surface area (TPSA) is 18.5 Å². The molecule has 2 aliphatic rings. The van der Waals surface area contributed by atoms with Crippen molar-refractivity contribution in [3.8, 4) is 0 Å². The predicted octanol–water partition coefficient (Wildman–Crippen LogP) is 4.27. The largest absolute Gasteiger partial charge is 0.457 e. The molecule has 2 aromatic carbocycles. The zero-order chi connectivity index (χ0) is 12.8. The molecular formula is C16H17BO2. The van der Waals surface area contributed by atoms with Gasteiger partial charge in [0.25, 0.3) is 0 Å². The molecule has 1 fully saturated rings. The lowest BCUT2D eigenvalue weighted by Crippen LogP contribution is -2.14. The molecule has 2 atom stereocenters. The van der Waals surface area contributed by atoms with Gasteiger partial charge in [0.05, 0.1) is 12.2 Å². The summed E-state index contributed by atoms with van der Waals surface area (Å²) >= 11 is 0. The quantitative estimate of drug-likeness (QED) is 0.759. The highest BCUT2D eigenvalue weighted by Gasteiger charge is 2.45. The van der Waals surface area contributed by atoms with Crippen LogP contribution in [0.4, 0.5) is 0 Å². The molecule has 0 unspecified atom stereocenters. The van der Waals surface area contributed by atoms with Crippen LogP contribution in [0.2, 0.25) is 6.32 Å². The molecule has 19 heavy (non-hydrogen) atoms. The van der Waals surface area contributed by atoms with Gasteiger partial charge in [0.1, 0.15) is 0 Å². The smallest absolute Gasteiger partial charge is 0.401 e. The molecule has 1 heterocycles. The van der Waals surface area contributed by atoms with Crippen molar-refractivity contribution in [1.29, 1.82) is 0 Å². The number of hydrogen-bond donors (Lipinski definition) is 0. The fourth-order valence-electron chi connectivity index (χ4n) is 3.36. The molecule has 1 aliphatic heterocycles. The third kappa shape index (κ3) is 1.65. The van der Waals surface area contributed by atoms with Crippen LogP contribution in [0.5, 0.6) is 0 Å². The zero-order valence-electron chi connectivity index (χ0n) is 11.1. The summed E-state index contributed by atoms with van der Waals surface area (Å²) in [6.45, 7) is 2.20. The second-order valence-corrected chi connectivity index (χ2v) is 5.48. The molecule has 0 saturated carbocycles. The van der Waals surface area contributed by atoms with E-state index in [1.54, 1.807) is 0 Å². The molecule has 2 nitrogen and oxygen atoms in total. The maximum Gasteiger partial charge on any atom is 0.457 e. The molecule has 0 spiro atoms. The number of benzene rings is 2. The van der Waals surface area contributed by atoms with Gasteiger partial charge in [-0.2, -0.15) is 0 Å². The van der Waals surface area contributed by atoms with Gasteiger partial charge in [-0.25, -0.2) is 0 Å². The Labute approximate surface area is 113 Å². The van der Waals surface area contributed by atoms with E-state index >= 15 is 0 Å². The van der Waals surface area contributed by atoms with Gasteiger partial charge in [-0.15, -0.1) is 0 Å². The van der Waals surface area contributed by atoms with E-state index < -0.39 is 0 Å². The molecule has 1 aliphatic carbocycles. The Morgan fingerprint density at radius 1 is 1.00 bits per heavy atom. The Balaban J connectivity index is 1.73. The van der Waals surface area contributed by atoms with Crippen molar-refractivity contribution in [1.82, 2.24) is 0 Å². The van der Waals surface area contributed by atoms with Crippen molar-refractivity contribution in [3.63, 3.8) is 0 Å². The van der Waals surface area contributed by atoms with Gasteiger partial charge in [0, 0.05) is 0 Å². The summed E-state index contributed by atoms with van der Waals surface area (Å²) in [5, 5.41) is 2.63. The van der Waals surface area contributed by atoms with Gasteiger partial charge in [0.2, 0.25) is 0 Å². The average molecular weight is 252 g/mol. The number of unbranched alkanes of at least 4 members (excludes halogenated alkanes) is 1. The Morgan fingerprint density at radius 2 is 1.63 bits per heavy atom. The maximum absolute atomic E-state index is 6.14. The van der Waals surface area contributed by atoms with Crippen molar-refractivity contribution in [2.75, 3.05) is 0 Å². The lowest BCUT2D eigenvalue weighted by molar-refractivity contribution is 0.170. The van der Waals surface area contributed by atoms with E-state index in [4.69, 9.17) is 9.31 Å². The summed E-state index contributed by atoms with van der Waals surface area (Å²) in [5.41, 5.74) is 2.61. The summed E-state index contributed by atoms with van der Waals surface area (Å²) in [7, 11) is -0.0291. The van der Waals surface area contributed by atoms with Crippen LogP contribution in [0, 0.1) is 0 Å². The monoisotopic (exact) mass is 252 g/mol. The van der Waals surface area contributed by atoms with E-state index in [0.29, 0.717) is 0 Å². The molecule has 0 radical (unpaired) electrons. The first-order valence-corrected chi connectivity index (χ1v) is 7.21. The maximum atomic E-state index is 6.14. The van der Waals surface area contributed by atoms with Crippen molar-refractivity contribution in [2.24, 2.45) is 0 Å². The van der Waals surface area contributed by atoms with Gasteiger partial charge >= 0.3 is 7.12 Å². The fourth-order valence-corrected chi connectivity index (χ4v) is 3.36. The summed E-state index contributed by atoms with van der Waals surface area (Å²) in [5.74, 6) is 0. The minimum absolute atomic E-state index is 0.0291. The Morgan fingerprint density at radius 3 is 2.21 bits per heavy atom. The van der Waals surface area contributed by atoms with Crippen LogP contribution in [0.15, 0.2) is 36.4 Å². The fraction of sp³-hybridized carbons (Fsp3) is 0.375. The lowest BCUT2D eigenvalue weighted by atomic mass is 9.82. The molecule has 96 valence electrons. The zero-order valence-corrected chi connectivity index (χ0v) is 11.1. The Bertz CT molecular complexity index is 578. The third-order valence-electron chi connectivity index (χ3n) is 4.25. The molecular weight excluding hydrogens is 235 g/mol. The summed E-state index contributed by atoms with van der Waals surface area (Å²) in [6.07, 6.45) is 3.55.